The minimum absolute atomic E-state index is 0.0964. The van der Waals surface area contributed by atoms with Crippen LogP contribution in [0.15, 0.2) is 60.7 Å². The first-order valence-electron chi connectivity index (χ1n) is 10.4. The summed E-state index contributed by atoms with van der Waals surface area (Å²) in [5.74, 6) is 1.98. The number of aromatic nitrogens is 4. The quantitative estimate of drug-likeness (QED) is 0.429. The summed E-state index contributed by atoms with van der Waals surface area (Å²) in [5.41, 5.74) is 4.23. The molecule has 0 fully saturated rings. The molecule has 2 aromatic carbocycles. The van der Waals surface area contributed by atoms with Crippen LogP contribution in [-0.4, -0.2) is 28.2 Å². The van der Waals surface area contributed by atoms with E-state index in [0.29, 0.717) is 29.0 Å². The van der Waals surface area contributed by atoms with Crippen LogP contribution in [-0.2, 0) is 15.8 Å². The van der Waals surface area contributed by atoms with E-state index < -0.39 is 10.0 Å². The number of aryl methyl sites for hydroxylation is 2. The molecule has 2 aromatic heterocycles. The average Bonchev–Trinajstić information content (AvgIpc) is 3.02. The fourth-order valence-corrected chi connectivity index (χ4v) is 4.55. The van der Waals surface area contributed by atoms with Gasteiger partial charge in [0, 0.05) is 17.4 Å². The van der Waals surface area contributed by atoms with Crippen molar-refractivity contribution in [2.75, 3.05) is 4.72 Å². The van der Waals surface area contributed by atoms with Gasteiger partial charge in [-0.3, -0.25) is 4.72 Å². The molecule has 0 aliphatic rings. The van der Waals surface area contributed by atoms with Crippen molar-refractivity contribution < 1.29 is 13.2 Å². The Morgan fingerprint density at radius 3 is 2.27 bits per heavy atom. The average molecular weight is 464 g/mol. The van der Waals surface area contributed by atoms with E-state index in [0.717, 1.165) is 22.5 Å². The third kappa shape index (κ3) is 5.38. The molecular formula is C24H25N5O3S. The molecule has 4 rings (SSSR count). The molecule has 0 unspecified atom stereocenters. The molecule has 9 heteroatoms. The highest BCUT2D eigenvalue weighted by atomic mass is 32.2. The smallest absolute Gasteiger partial charge is 0.236 e. The number of nitrogens with one attached hydrogen (secondary N) is 1. The van der Waals surface area contributed by atoms with Crippen molar-refractivity contribution in [3.63, 3.8) is 0 Å². The number of anilines is 1. The van der Waals surface area contributed by atoms with Gasteiger partial charge in [-0.25, -0.2) is 18.1 Å². The highest BCUT2D eigenvalue weighted by Gasteiger charge is 2.14. The Kier molecular flexibility index (Phi) is 6.15. The van der Waals surface area contributed by atoms with Gasteiger partial charge in [-0.2, -0.15) is 10.1 Å². The SMILES string of the molecule is Cc1nc(Oc2ccc(NS(=O)(=O)Cc3ccccc3)cc2)cc(-n2nc(C)c(C)c2C)n1. The zero-order chi connectivity index (χ0) is 23.6. The first kappa shape index (κ1) is 22.5. The summed E-state index contributed by atoms with van der Waals surface area (Å²) in [6.07, 6.45) is 0. The fraction of sp³-hybridized carbons (Fsp3) is 0.208. The Bertz CT molecular complexity index is 1380. The Morgan fingerprint density at radius 2 is 1.64 bits per heavy atom. The summed E-state index contributed by atoms with van der Waals surface area (Å²) in [7, 11) is -3.53. The Balaban J connectivity index is 1.49. The van der Waals surface area contributed by atoms with E-state index in [1.54, 1.807) is 54.1 Å². The topological polar surface area (TPSA) is 99.0 Å². The second-order valence-electron chi connectivity index (χ2n) is 7.79. The van der Waals surface area contributed by atoms with Crippen LogP contribution < -0.4 is 9.46 Å². The van der Waals surface area contributed by atoms with E-state index in [4.69, 9.17) is 4.74 Å². The largest absolute Gasteiger partial charge is 0.439 e. The van der Waals surface area contributed by atoms with E-state index in [1.165, 1.54) is 0 Å². The number of hydrogen-bond donors (Lipinski definition) is 1. The Hall–Kier alpha value is -3.72. The zero-order valence-corrected chi connectivity index (χ0v) is 19.7. The third-order valence-corrected chi connectivity index (χ3v) is 6.48. The van der Waals surface area contributed by atoms with Crippen LogP contribution in [0.25, 0.3) is 5.82 Å². The van der Waals surface area contributed by atoms with Gasteiger partial charge in [-0.15, -0.1) is 0 Å². The molecule has 170 valence electrons. The molecule has 8 nitrogen and oxygen atoms in total. The van der Waals surface area contributed by atoms with Gasteiger partial charge in [0.05, 0.1) is 11.4 Å². The first-order chi connectivity index (χ1) is 15.7. The molecule has 0 spiro atoms. The van der Waals surface area contributed by atoms with Crippen LogP contribution in [0.1, 0.15) is 28.3 Å². The van der Waals surface area contributed by atoms with E-state index >= 15 is 0 Å². The molecule has 33 heavy (non-hydrogen) atoms. The highest BCUT2D eigenvalue weighted by molar-refractivity contribution is 7.91. The maximum absolute atomic E-state index is 12.4. The highest BCUT2D eigenvalue weighted by Crippen LogP contribution is 2.25. The van der Waals surface area contributed by atoms with Crippen molar-refractivity contribution in [3.8, 4) is 17.4 Å². The normalized spacial score (nSPS) is 11.4. The Morgan fingerprint density at radius 1 is 0.939 bits per heavy atom. The molecule has 2 heterocycles. The van der Waals surface area contributed by atoms with Gasteiger partial charge in [-0.1, -0.05) is 30.3 Å². The summed E-state index contributed by atoms with van der Waals surface area (Å²) in [4.78, 5) is 8.84. The first-order valence-corrected chi connectivity index (χ1v) is 12.1. The maximum Gasteiger partial charge on any atom is 0.236 e. The predicted octanol–water partition coefficient (Wildman–Crippen LogP) is 4.63. The predicted molar refractivity (Wildman–Crippen MR) is 127 cm³/mol. The maximum atomic E-state index is 12.4. The molecule has 0 amide bonds. The lowest BCUT2D eigenvalue weighted by Gasteiger charge is -2.11. The molecule has 0 radical (unpaired) electrons. The lowest BCUT2D eigenvalue weighted by molar-refractivity contribution is 0.459. The second kappa shape index (κ2) is 9.03. The second-order valence-corrected chi connectivity index (χ2v) is 9.51. The number of nitrogens with zero attached hydrogens (tertiary/aromatic N) is 4. The van der Waals surface area contributed by atoms with Gasteiger partial charge < -0.3 is 4.74 Å². The van der Waals surface area contributed by atoms with Crippen molar-refractivity contribution in [1.29, 1.82) is 0 Å². The van der Waals surface area contributed by atoms with Gasteiger partial charge in [0.1, 0.15) is 11.6 Å². The number of rotatable bonds is 7. The molecule has 0 saturated heterocycles. The van der Waals surface area contributed by atoms with E-state index in [9.17, 15) is 8.42 Å². The lowest BCUT2D eigenvalue weighted by Crippen LogP contribution is -2.14. The molecule has 0 atom stereocenters. The van der Waals surface area contributed by atoms with Crippen molar-refractivity contribution in [2.24, 2.45) is 0 Å². The van der Waals surface area contributed by atoms with Crippen LogP contribution in [0, 0.1) is 27.7 Å². The lowest BCUT2D eigenvalue weighted by atomic mass is 10.2. The molecule has 0 bridgehead atoms. The van der Waals surface area contributed by atoms with Crippen LogP contribution in [0.5, 0.6) is 11.6 Å². The Labute approximate surface area is 193 Å². The fourth-order valence-electron chi connectivity index (χ4n) is 3.35. The van der Waals surface area contributed by atoms with Crippen LogP contribution in [0.4, 0.5) is 5.69 Å². The molecule has 1 N–H and O–H groups in total. The van der Waals surface area contributed by atoms with Crippen molar-refractivity contribution >= 4 is 15.7 Å². The zero-order valence-electron chi connectivity index (χ0n) is 18.9. The number of hydrogen-bond acceptors (Lipinski definition) is 6. The van der Waals surface area contributed by atoms with Gasteiger partial charge >= 0.3 is 0 Å². The van der Waals surface area contributed by atoms with Crippen LogP contribution >= 0.6 is 0 Å². The van der Waals surface area contributed by atoms with Gasteiger partial charge in [0.25, 0.3) is 0 Å². The van der Waals surface area contributed by atoms with Gasteiger partial charge in [0.15, 0.2) is 5.82 Å². The monoisotopic (exact) mass is 463 g/mol. The summed E-state index contributed by atoms with van der Waals surface area (Å²) in [6.45, 7) is 7.76. The number of benzene rings is 2. The van der Waals surface area contributed by atoms with Crippen molar-refractivity contribution in [3.05, 3.63) is 89.0 Å². The summed E-state index contributed by atoms with van der Waals surface area (Å²) in [6, 6.07) is 17.4. The summed E-state index contributed by atoms with van der Waals surface area (Å²) in [5, 5.41) is 4.55. The molecular weight excluding hydrogens is 438 g/mol. The summed E-state index contributed by atoms with van der Waals surface area (Å²) < 4.78 is 35.2. The minimum Gasteiger partial charge on any atom is -0.439 e. The van der Waals surface area contributed by atoms with E-state index in [1.807, 2.05) is 39.0 Å². The van der Waals surface area contributed by atoms with Crippen molar-refractivity contribution in [1.82, 2.24) is 19.7 Å². The molecule has 0 aliphatic carbocycles. The molecule has 4 aromatic rings. The van der Waals surface area contributed by atoms with Gasteiger partial charge in [0.2, 0.25) is 15.9 Å². The van der Waals surface area contributed by atoms with Gasteiger partial charge in [-0.05, 0) is 63.1 Å². The van der Waals surface area contributed by atoms with Crippen LogP contribution in [0.3, 0.4) is 0 Å². The molecule has 0 aliphatic heterocycles. The number of ether oxygens (including phenoxy) is 1. The van der Waals surface area contributed by atoms with Crippen LogP contribution in [0.2, 0.25) is 0 Å². The van der Waals surface area contributed by atoms with Crippen molar-refractivity contribution in [2.45, 2.75) is 33.4 Å². The molecule has 0 saturated carbocycles. The standard InChI is InChI=1S/C24H25N5O3S/c1-16-17(2)27-29(18(16)3)23-14-24(26-19(4)25-23)32-22-12-10-21(11-13-22)28-33(30,31)15-20-8-6-5-7-9-20/h5-14,28H,15H2,1-4H3. The summed E-state index contributed by atoms with van der Waals surface area (Å²) >= 11 is 0. The number of sulfonamides is 1. The van der Waals surface area contributed by atoms with E-state index in [-0.39, 0.29) is 5.75 Å². The third-order valence-electron chi connectivity index (χ3n) is 5.22. The minimum atomic E-state index is -3.53. The van der Waals surface area contributed by atoms with E-state index in [2.05, 4.69) is 19.8 Å².